The van der Waals surface area contributed by atoms with Gasteiger partial charge in [0, 0.05) is 7.11 Å². The highest BCUT2D eigenvalue weighted by atomic mass is 16.5. The maximum Gasteiger partial charge on any atom is 0.0652 e. The second kappa shape index (κ2) is 4.55. The molecule has 0 aromatic carbocycles. The molecule has 3 unspecified atom stereocenters. The quantitative estimate of drug-likeness (QED) is 0.818. The van der Waals surface area contributed by atoms with Gasteiger partial charge in [0.15, 0.2) is 0 Å². The molecule has 3 rings (SSSR count). The molecular formula is C15H26O2. The summed E-state index contributed by atoms with van der Waals surface area (Å²) in [7, 11) is 1.80. The van der Waals surface area contributed by atoms with E-state index in [1.165, 1.54) is 25.7 Å². The fourth-order valence-electron chi connectivity index (χ4n) is 4.68. The van der Waals surface area contributed by atoms with Crippen LogP contribution in [0.2, 0.25) is 0 Å². The molecule has 3 atom stereocenters. The summed E-state index contributed by atoms with van der Waals surface area (Å²) in [6.45, 7) is 0. The molecule has 98 valence electrons. The summed E-state index contributed by atoms with van der Waals surface area (Å²) in [6.07, 6.45) is 11.3. The number of fused-ring (bicyclic) bond motifs is 2. The highest BCUT2D eigenvalue weighted by molar-refractivity contribution is 4.95. The SMILES string of the molecule is COC1CCC(O)(CC2CC3CCC2C3)CC1. The van der Waals surface area contributed by atoms with Gasteiger partial charge in [-0.3, -0.25) is 0 Å². The van der Waals surface area contributed by atoms with Gasteiger partial charge >= 0.3 is 0 Å². The maximum atomic E-state index is 10.7. The summed E-state index contributed by atoms with van der Waals surface area (Å²) in [4.78, 5) is 0. The van der Waals surface area contributed by atoms with E-state index in [1.807, 2.05) is 0 Å². The third-order valence-electron chi connectivity index (χ3n) is 5.72. The lowest BCUT2D eigenvalue weighted by atomic mass is 9.74. The van der Waals surface area contributed by atoms with Gasteiger partial charge in [-0.25, -0.2) is 0 Å². The molecule has 2 nitrogen and oxygen atoms in total. The van der Waals surface area contributed by atoms with Crippen molar-refractivity contribution < 1.29 is 9.84 Å². The van der Waals surface area contributed by atoms with E-state index in [1.54, 1.807) is 7.11 Å². The first-order chi connectivity index (χ1) is 8.18. The van der Waals surface area contributed by atoms with Crippen LogP contribution in [0.5, 0.6) is 0 Å². The molecule has 0 spiro atoms. The molecule has 0 heterocycles. The Kier molecular flexibility index (Phi) is 3.20. The Morgan fingerprint density at radius 1 is 1.12 bits per heavy atom. The van der Waals surface area contributed by atoms with Gasteiger partial charge in [-0.2, -0.15) is 0 Å². The fourth-order valence-corrected chi connectivity index (χ4v) is 4.68. The van der Waals surface area contributed by atoms with Gasteiger partial charge in [-0.15, -0.1) is 0 Å². The summed E-state index contributed by atoms with van der Waals surface area (Å²) in [5, 5.41) is 10.7. The molecule has 0 aromatic heterocycles. The fraction of sp³-hybridized carbons (Fsp3) is 1.00. The van der Waals surface area contributed by atoms with E-state index in [-0.39, 0.29) is 5.60 Å². The molecule has 0 aromatic rings. The smallest absolute Gasteiger partial charge is 0.0652 e. The highest BCUT2D eigenvalue weighted by Crippen LogP contribution is 2.52. The summed E-state index contributed by atoms with van der Waals surface area (Å²) in [5.41, 5.74) is -0.357. The Balaban J connectivity index is 1.54. The zero-order valence-electron chi connectivity index (χ0n) is 11.0. The van der Waals surface area contributed by atoms with E-state index in [4.69, 9.17) is 4.74 Å². The monoisotopic (exact) mass is 238 g/mol. The lowest BCUT2D eigenvalue weighted by Gasteiger charge is -2.38. The number of ether oxygens (including phenoxy) is 1. The normalized spacial score (nSPS) is 49.8. The van der Waals surface area contributed by atoms with Crippen LogP contribution in [0.4, 0.5) is 0 Å². The summed E-state index contributed by atoms with van der Waals surface area (Å²) in [6, 6.07) is 0. The van der Waals surface area contributed by atoms with Crippen LogP contribution >= 0.6 is 0 Å². The van der Waals surface area contributed by atoms with Crippen LogP contribution in [-0.2, 0) is 4.74 Å². The van der Waals surface area contributed by atoms with Crippen molar-refractivity contribution in [2.75, 3.05) is 7.11 Å². The molecule has 1 N–H and O–H groups in total. The third kappa shape index (κ3) is 2.39. The minimum Gasteiger partial charge on any atom is -0.390 e. The molecule has 17 heavy (non-hydrogen) atoms. The minimum atomic E-state index is -0.357. The van der Waals surface area contributed by atoms with Crippen molar-refractivity contribution in [2.45, 2.75) is 69.5 Å². The van der Waals surface area contributed by atoms with Crippen LogP contribution in [0, 0.1) is 17.8 Å². The first kappa shape index (κ1) is 12.0. The zero-order chi connectivity index (χ0) is 11.9. The van der Waals surface area contributed by atoms with Crippen LogP contribution in [-0.4, -0.2) is 23.9 Å². The molecule has 2 bridgehead atoms. The Bertz CT molecular complexity index is 268. The zero-order valence-corrected chi connectivity index (χ0v) is 11.0. The lowest BCUT2D eigenvalue weighted by Crippen LogP contribution is -2.38. The largest absolute Gasteiger partial charge is 0.390 e. The Morgan fingerprint density at radius 3 is 2.41 bits per heavy atom. The molecule has 2 heteroatoms. The standard InChI is InChI=1S/C15H26O2/c1-17-14-4-6-15(16,7-5-14)10-13-9-11-2-3-12(13)8-11/h11-14,16H,2-10H2,1H3. The van der Waals surface area contributed by atoms with E-state index < -0.39 is 0 Å². The number of methoxy groups -OCH3 is 1. The van der Waals surface area contributed by atoms with E-state index in [0.29, 0.717) is 6.10 Å². The molecule has 0 saturated heterocycles. The van der Waals surface area contributed by atoms with Crippen molar-refractivity contribution in [2.24, 2.45) is 17.8 Å². The Hall–Kier alpha value is -0.0800. The molecule has 3 aliphatic rings. The van der Waals surface area contributed by atoms with Crippen LogP contribution in [0.15, 0.2) is 0 Å². The average molecular weight is 238 g/mol. The first-order valence-electron chi connectivity index (χ1n) is 7.44. The van der Waals surface area contributed by atoms with Crippen LogP contribution in [0.1, 0.15) is 57.8 Å². The van der Waals surface area contributed by atoms with E-state index in [2.05, 4.69) is 0 Å². The van der Waals surface area contributed by atoms with Gasteiger partial charge in [-0.05, 0) is 69.1 Å². The van der Waals surface area contributed by atoms with Crippen molar-refractivity contribution in [3.8, 4) is 0 Å². The Labute approximate surface area is 105 Å². The number of aliphatic hydroxyl groups is 1. The van der Waals surface area contributed by atoms with Gasteiger partial charge < -0.3 is 9.84 Å². The highest BCUT2D eigenvalue weighted by Gasteiger charge is 2.44. The van der Waals surface area contributed by atoms with Crippen LogP contribution < -0.4 is 0 Å². The van der Waals surface area contributed by atoms with Crippen molar-refractivity contribution in [1.29, 1.82) is 0 Å². The van der Waals surface area contributed by atoms with E-state index >= 15 is 0 Å². The van der Waals surface area contributed by atoms with E-state index in [0.717, 1.165) is 49.9 Å². The summed E-state index contributed by atoms with van der Waals surface area (Å²) < 4.78 is 5.39. The molecular weight excluding hydrogens is 212 g/mol. The van der Waals surface area contributed by atoms with Crippen LogP contribution in [0.25, 0.3) is 0 Å². The summed E-state index contributed by atoms with van der Waals surface area (Å²) >= 11 is 0. The predicted molar refractivity (Wildman–Crippen MR) is 67.8 cm³/mol. The van der Waals surface area contributed by atoms with Crippen molar-refractivity contribution in [3.05, 3.63) is 0 Å². The minimum absolute atomic E-state index is 0.357. The van der Waals surface area contributed by atoms with Gasteiger partial charge in [0.1, 0.15) is 0 Å². The van der Waals surface area contributed by atoms with E-state index in [9.17, 15) is 5.11 Å². The summed E-state index contributed by atoms with van der Waals surface area (Å²) in [5.74, 6) is 2.78. The van der Waals surface area contributed by atoms with Gasteiger partial charge in [0.05, 0.1) is 11.7 Å². The number of hydrogen-bond donors (Lipinski definition) is 1. The molecule has 0 radical (unpaired) electrons. The van der Waals surface area contributed by atoms with Crippen molar-refractivity contribution >= 4 is 0 Å². The second-order valence-electron chi connectivity index (χ2n) is 6.80. The van der Waals surface area contributed by atoms with Gasteiger partial charge in [0.2, 0.25) is 0 Å². The molecule has 3 aliphatic carbocycles. The van der Waals surface area contributed by atoms with Crippen molar-refractivity contribution in [3.63, 3.8) is 0 Å². The number of hydrogen-bond acceptors (Lipinski definition) is 2. The van der Waals surface area contributed by atoms with Gasteiger partial charge in [-0.1, -0.05) is 6.42 Å². The Morgan fingerprint density at radius 2 is 1.88 bits per heavy atom. The van der Waals surface area contributed by atoms with Gasteiger partial charge in [0.25, 0.3) is 0 Å². The molecule has 0 amide bonds. The number of rotatable bonds is 3. The predicted octanol–water partition coefficient (Wildman–Crippen LogP) is 3.13. The molecule has 3 fully saturated rings. The third-order valence-corrected chi connectivity index (χ3v) is 5.72. The first-order valence-corrected chi connectivity index (χ1v) is 7.44. The molecule has 3 saturated carbocycles. The average Bonchev–Trinajstić information content (AvgIpc) is 2.91. The molecule has 0 aliphatic heterocycles. The topological polar surface area (TPSA) is 29.5 Å². The van der Waals surface area contributed by atoms with Crippen molar-refractivity contribution in [1.82, 2.24) is 0 Å². The van der Waals surface area contributed by atoms with Crippen LogP contribution in [0.3, 0.4) is 0 Å². The second-order valence-corrected chi connectivity index (χ2v) is 6.80. The lowest BCUT2D eigenvalue weighted by molar-refractivity contribution is -0.0609. The maximum absolute atomic E-state index is 10.7.